The van der Waals surface area contributed by atoms with Crippen LogP contribution >= 0.6 is 0 Å². The van der Waals surface area contributed by atoms with Crippen molar-refractivity contribution < 1.29 is 4.74 Å². The molecule has 2 heteroatoms. The summed E-state index contributed by atoms with van der Waals surface area (Å²) in [7, 11) is 0. The van der Waals surface area contributed by atoms with E-state index in [1.165, 1.54) is 36.0 Å². The van der Waals surface area contributed by atoms with Gasteiger partial charge in [-0.2, -0.15) is 0 Å². The Morgan fingerprint density at radius 1 is 1.00 bits per heavy atom. The second-order valence-electron chi connectivity index (χ2n) is 6.71. The van der Waals surface area contributed by atoms with Crippen LogP contribution in [0.3, 0.4) is 0 Å². The average molecular weight is 323 g/mol. The maximum absolute atomic E-state index is 5.84. The molecule has 0 aliphatic carbocycles. The number of unbranched alkanes of at least 4 members (excludes halogenated alkanes) is 3. The highest BCUT2D eigenvalue weighted by atomic mass is 16.5. The Morgan fingerprint density at radius 2 is 1.83 bits per heavy atom. The fraction of sp³-hybridized carbons (Fsp3) is 0.455. The molecule has 24 heavy (non-hydrogen) atoms. The molecule has 1 heterocycles. The molecule has 1 aliphatic rings. The van der Waals surface area contributed by atoms with Gasteiger partial charge in [0.15, 0.2) is 0 Å². The highest BCUT2D eigenvalue weighted by Gasteiger charge is 2.19. The summed E-state index contributed by atoms with van der Waals surface area (Å²) in [5.74, 6) is 0.993. The van der Waals surface area contributed by atoms with E-state index in [1.807, 2.05) is 0 Å². The van der Waals surface area contributed by atoms with E-state index in [9.17, 15) is 0 Å². The van der Waals surface area contributed by atoms with Crippen molar-refractivity contribution in [3.8, 4) is 5.75 Å². The van der Waals surface area contributed by atoms with Gasteiger partial charge in [-0.3, -0.25) is 0 Å². The molecule has 0 saturated heterocycles. The fourth-order valence-electron chi connectivity index (χ4n) is 3.45. The third-order valence-corrected chi connectivity index (χ3v) is 4.85. The van der Waals surface area contributed by atoms with Crippen LogP contribution in [-0.2, 0) is 12.8 Å². The quantitative estimate of drug-likeness (QED) is 0.684. The lowest BCUT2D eigenvalue weighted by Gasteiger charge is -2.27. The van der Waals surface area contributed by atoms with Gasteiger partial charge in [0.05, 0.1) is 6.61 Å². The number of hydrogen-bond donors (Lipinski definition) is 1. The smallest absolute Gasteiger partial charge is 0.119 e. The molecule has 0 radical (unpaired) electrons. The standard InChI is InChI=1S/C22H29NO/c1-2-3-4-7-16-24-20-12-10-18(11-13-20)17-22-21-9-6-5-8-19(21)14-15-23-22/h5-6,8-13,22-23H,2-4,7,14-17H2,1H3. The Labute approximate surface area is 146 Å². The van der Waals surface area contributed by atoms with E-state index >= 15 is 0 Å². The van der Waals surface area contributed by atoms with Crippen LogP contribution in [0.4, 0.5) is 0 Å². The van der Waals surface area contributed by atoms with Gasteiger partial charge >= 0.3 is 0 Å². The third kappa shape index (κ3) is 4.61. The van der Waals surface area contributed by atoms with Gasteiger partial charge in [-0.25, -0.2) is 0 Å². The molecule has 1 unspecified atom stereocenters. The lowest BCUT2D eigenvalue weighted by molar-refractivity contribution is 0.305. The normalized spacial score (nSPS) is 16.6. The van der Waals surface area contributed by atoms with Crippen molar-refractivity contribution in [3.63, 3.8) is 0 Å². The molecule has 128 valence electrons. The van der Waals surface area contributed by atoms with Crippen molar-refractivity contribution in [1.29, 1.82) is 0 Å². The molecule has 0 fully saturated rings. The van der Waals surface area contributed by atoms with Crippen LogP contribution < -0.4 is 10.1 Å². The first-order valence-electron chi connectivity index (χ1n) is 9.39. The van der Waals surface area contributed by atoms with Crippen LogP contribution in [0.15, 0.2) is 48.5 Å². The lowest BCUT2D eigenvalue weighted by Crippen LogP contribution is -2.31. The molecule has 2 aromatic carbocycles. The maximum atomic E-state index is 5.84. The first kappa shape index (κ1) is 17.0. The number of rotatable bonds is 8. The summed E-state index contributed by atoms with van der Waals surface area (Å²) in [6.07, 6.45) is 7.16. The van der Waals surface area contributed by atoms with E-state index in [4.69, 9.17) is 4.74 Å². The zero-order chi connectivity index (χ0) is 16.6. The first-order chi connectivity index (χ1) is 11.9. The van der Waals surface area contributed by atoms with E-state index in [1.54, 1.807) is 0 Å². The largest absolute Gasteiger partial charge is 0.494 e. The summed E-state index contributed by atoms with van der Waals surface area (Å²) < 4.78 is 5.84. The minimum absolute atomic E-state index is 0.427. The Morgan fingerprint density at radius 3 is 2.67 bits per heavy atom. The molecular formula is C22H29NO. The van der Waals surface area contributed by atoms with E-state index in [2.05, 4.69) is 60.8 Å². The van der Waals surface area contributed by atoms with Crippen LogP contribution in [-0.4, -0.2) is 13.2 Å². The second kappa shape index (κ2) is 8.89. The lowest BCUT2D eigenvalue weighted by atomic mass is 9.90. The minimum Gasteiger partial charge on any atom is -0.494 e. The van der Waals surface area contributed by atoms with Gasteiger partial charge in [-0.05, 0) is 54.6 Å². The number of hydrogen-bond acceptors (Lipinski definition) is 2. The van der Waals surface area contributed by atoms with E-state index in [-0.39, 0.29) is 0 Å². The van der Waals surface area contributed by atoms with Gasteiger partial charge in [-0.1, -0.05) is 62.6 Å². The van der Waals surface area contributed by atoms with Crippen LogP contribution in [0.1, 0.15) is 55.3 Å². The SMILES string of the molecule is CCCCCCOc1ccc(CC2NCCc3ccccc32)cc1. The third-order valence-electron chi connectivity index (χ3n) is 4.85. The Hall–Kier alpha value is -1.80. The van der Waals surface area contributed by atoms with Crippen LogP contribution in [0, 0.1) is 0 Å². The molecule has 0 spiro atoms. The van der Waals surface area contributed by atoms with Crippen molar-refractivity contribution in [2.45, 2.75) is 51.5 Å². The van der Waals surface area contributed by atoms with Gasteiger partial charge in [0.25, 0.3) is 0 Å². The molecule has 0 aromatic heterocycles. The molecule has 0 saturated carbocycles. The number of benzene rings is 2. The van der Waals surface area contributed by atoms with Crippen molar-refractivity contribution in [2.75, 3.05) is 13.2 Å². The van der Waals surface area contributed by atoms with Crippen molar-refractivity contribution >= 4 is 0 Å². The zero-order valence-electron chi connectivity index (χ0n) is 14.8. The zero-order valence-corrected chi connectivity index (χ0v) is 14.8. The molecule has 0 bridgehead atoms. The first-order valence-corrected chi connectivity index (χ1v) is 9.39. The molecule has 1 N–H and O–H groups in total. The molecule has 2 aromatic rings. The summed E-state index contributed by atoms with van der Waals surface area (Å²) >= 11 is 0. The summed E-state index contributed by atoms with van der Waals surface area (Å²) in [5.41, 5.74) is 4.32. The number of nitrogens with one attached hydrogen (secondary N) is 1. The molecule has 0 amide bonds. The highest BCUT2D eigenvalue weighted by Crippen LogP contribution is 2.26. The van der Waals surface area contributed by atoms with E-state index in [0.717, 1.165) is 38.2 Å². The van der Waals surface area contributed by atoms with E-state index in [0.29, 0.717) is 6.04 Å². The van der Waals surface area contributed by atoms with Gasteiger partial charge in [0, 0.05) is 6.04 Å². The summed E-state index contributed by atoms with van der Waals surface area (Å²) in [6, 6.07) is 17.9. The Bertz CT molecular complexity index is 620. The highest BCUT2D eigenvalue weighted by molar-refractivity contribution is 5.35. The Kier molecular flexibility index (Phi) is 6.31. The van der Waals surface area contributed by atoms with Gasteiger partial charge < -0.3 is 10.1 Å². The molecule has 3 rings (SSSR count). The van der Waals surface area contributed by atoms with Crippen molar-refractivity contribution in [1.82, 2.24) is 5.32 Å². The van der Waals surface area contributed by atoms with Crippen molar-refractivity contribution in [2.24, 2.45) is 0 Å². The topological polar surface area (TPSA) is 21.3 Å². The van der Waals surface area contributed by atoms with Gasteiger partial charge in [0.2, 0.25) is 0 Å². The predicted molar refractivity (Wildman–Crippen MR) is 101 cm³/mol. The van der Waals surface area contributed by atoms with Crippen LogP contribution in [0.2, 0.25) is 0 Å². The van der Waals surface area contributed by atoms with Crippen molar-refractivity contribution in [3.05, 3.63) is 65.2 Å². The molecule has 1 aliphatic heterocycles. The summed E-state index contributed by atoms with van der Waals surface area (Å²) in [4.78, 5) is 0. The molecule has 2 nitrogen and oxygen atoms in total. The second-order valence-corrected chi connectivity index (χ2v) is 6.71. The number of fused-ring (bicyclic) bond motifs is 1. The average Bonchev–Trinajstić information content (AvgIpc) is 2.63. The maximum Gasteiger partial charge on any atom is 0.119 e. The Balaban J connectivity index is 1.53. The minimum atomic E-state index is 0.427. The van der Waals surface area contributed by atoms with E-state index < -0.39 is 0 Å². The molecular weight excluding hydrogens is 294 g/mol. The van der Waals surface area contributed by atoms with Crippen LogP contribution in [0.5, 0.6) is 5.75 Å². The number of ether oxygens (including phenoxy) is 1. The predicted octanol–water partition coefficient (Wildman–Crippen LogP) is 5.08. The van der Waals surface area contributed by atoms with Crippen LogP contribution in [0.25, 0.3) is 0 Å². The monoisotopic (exact) mass is 323 g/mol. The fourth-order valence-corrected chi connectivity index (χ4v) is 3.45. The summed E-state index contributed by atoms with van der Waals surface area (Å²) in [6.45, 7) is 4.14. The van der Waals surface area contributed by atoms with Gasteiger partial charge in [-0.15, -0.1) is 0 Å². The molecule has 1 atom stereocenters. The van der Waals surface area contributed by atoms with Gasteiger partial charge in [0.1, 0.15) is 5.75 Å². The summed E-state index contributed by atoms with van der Waals surface area (Å²) in [5, 5.41) is 3.66.